The lowest BCUT2D eigenvalue weighted by atomic mass is 10.1. The quantitative estimate of drug-likeness (QED) is 0.612. The first-order chi connectivity index (χ1) is 14.6. The highest BCUT2D eigenvalue weighted by atomic mass is 32.2. The maximum absolute atomic E-state index is 12.9. The fourth-order valence-electron chi connectivity index (χ4n) is 3.30. The molecule has 9 heteroatoms. The number of H-pyrrole nitrogens is 1. The van der Waals surface area contributed by atoms with E-state index in [0.29, 0.717) is 11.2 Å². The summed E-state index contributed by atoms with van der Waals surface area (Å²) in [7, 11) is -2.45. The number of hydrogen-bond acceptors (Lipinski definition) is 5. The van der Waals surface area contributed by atoms with Crippen molar-refractivity contribution in [1.29, 1.82) is 5.26 Å². The monoisotopic (exact) mass is 438 g/mol. The number of nitriles is 1. The van der Waals surface area contributed by atoms with Crippen LogP contribution in [0.15, 0.2) is 52.3 Å². The molecule has 2 aromatic carbocycles. The van der Waals surface area contributed by atoms with Crippen LogP contribution in [0.3, 0.4) is 0 Å². The molecule has 0 bridgehead atoms. The third kappa shape index (κ3) is 4.75. The Hall–Kier alpha value is -3.64. The first-order valence-electron chi connectivity index (χ1n) is 9.51. The van der Waals surface area contributed by atoms with Crippen LogP contribution in [0.25, 0.3) is 10.9 Å². The Morgan fingerprint density at radius 3 is 2.48 bits per heavy atom. The normalized spacial score (nSPS) is 11.2. The number of pyridine rings is 1. The number of carbonyl (C=O) groups excluding carboxylic acids is 1. The second-order valence-corrected chi connectivity index (χ2v) is 9.04. The fraction of sp³-hybridized carbons (Fsp3) is 0.227. The molecule has 1 amide bonds. The Morgan fingerprint density at radius 2 is 1.84 bits per heavy atom. The number of sulfonamides is 1. The molecule has 0 aliphatic heterocycles. The fourth-order valence-corrected chi connectivity index (χ4v) is 4.36. The second-order valence-electron chi connectivity index (χ2n) is 7.36. The minimum Gasteiger partial charge on any atom is -0.360 e. The number of carbonyl (C=O) groups is 1. The molecule has 2 N–H and O–H groups in total. The number of hydrogen-bond donors (Lipinski definition) is 2. The van der Waals surface area contributed by atoms with E-state index in [1.54, 1.807) is 12.1 Å². The lowest BCUT2D eigenvalue weighted by molar-refractivity contribution is 0.0796. The van der Waals surface area contributed by atoms with Crippen molar-refractivity contribution in [3.8, 4) is 6.07 Å². The van der Waals surface area contributed by atoms with Crippen molar-refractivity contribution >= 4 is 32.5 Å². The van der Waals surface area contributed by atoms with Crippen LogP contribution in [0.5, 0.6) is 0 Å². The van der Waals surface area contributed by atoms with Crippen molar-refractivity contribution in [3.05, 3.63) is 69.5 Å². The molecule has 160 valence electrons. The molecule has 1 heterocycles. The largest absolute Gasteiger partial charge is 0.360 e. The molecule has 0 radical (unpaired) electrons. The Bertz CT molecular complexity index is 1350. The van der Waals surface area contributed by atoms with Crippen LogP contribution in [0.4, 0.5) is 5.69 Å². The van der Waals surface area contributed by atoms with Crippen LogP contribution in [-0.2, 0) is 10.0 Å². The number of nitrogens with one attached hydrogen (secondary N) is 2. The van der Waals surface area contributed by atoms with E-state index in [1.807, 2.05) is 26.0 Å². The van der Waals surface area contributed by atoms with Gasteiger partial charge in [-0.25, -0.2) is 8.42 Å². The number of fused-ring (bicyclic) bond motifs is 1. The molecule has 3 aromatic rings. The van der Waals surface area contributed by atoms with Crippen LogP contribution in [-0.4, -0.2) is 37.8 Å². The first-order valence-corrected chi connectivity index (χ1v) is 11.0. The number of rotatable bonds is 6. The van der Waals surface area contributed by atoms with E-state index in [4.69, 9.17) is 5.26 Å². The SMILES string of the molecule is Cc1cc(C)cc(NS(=O)(=O)c2ccc3[nH]cc(C(=O)N(C)CCC#N)c(=O)c3c2)c1. The minimum absolute atomic E-state index is 0.0860. The summed E-state index contributed by atoms with van der Waals surface area (Å²) >= 11 is 0. The molecule has 8 nitrogen and oxygen atoms in total. The zero-order valence-corrected chi connectivity index (χ0v) is 18.2. The molecule has 0 atom stereocenters. The van der Waals surface area contributed by atoms with Crippen molar-refractivity contribution in [1.82, 2.24) is 9.88 Å². The first kappa shape index (κ1) is 22.1. The van der Waals surface area contributed by atoms with Crippen molar-refractivity contribution < 1.29 is 13.2 Å². The van der Waals surface area contributed by atoms with Gasteiger partial charge in [-0.1, -0.05) is 6.07 Å². The number of aromatic amines is 1. The summed E-state index contributed by atoms with van der Waals surface area (Å²) in [6.07, 6.45) is 1.44. The van der Waals surface area contributed by atoms with Gasteiger partial charge < -0.3 is 9.88 Å². The van der Waals surface area contributed by atoms with Crippen LogP contribution >= 0.6 is 0 Å². The van der Waals surface area contributed by atoms with Crippen LogP contribution < -0.4 is 10.2 Å². The van der Waals surface area contributed by atoms with Gasteiger partial charge in [-0.2, -0.15) is 5.26 Å². The van der Waals surface area contributed by atoms with Crippen molar-refractivity contribution in [2.24, 2.45) is 0 Å². The van der Waals surface area contributed by atoms with Crippen LogP contribution in [0.2, 0.25) is 0 Å². The van der Waals surface area contributed by atoms with Crippen LogP contribution in [0, 0.1) is 25.2 Å². The van der Waals surface area contributed by atoms with Gasteiger partial charge >= 0.3 is 0 Å². The molecule has 0 unspecified atom stereocenters. The summed E-state index contributed by atoms with van der Waals surface area (Å²) < 4.78 is 28.3. The highest BCUT2D eigenvalue weighted by Gasteiger charge is 2.20. The van der Waals surface area contributed by atoms with Gasteiger partial charge in [0, 0.05) is 36.4 Å². The highest BCUT2D eigenvalue weighted by molar-refractivity contribution is 7.92. The molecule has 0 saturated heterocycles. The van der Waals surface area contributed by atoms with Crippen molar-refractivity contribution in [2.45, 2.75) is 25.2 Å². The third-order valence-corrected chi connectivity index (χ3v) is 6.15. The number of aromatic nitrogens is 1. The number of nitrogens with zero attached hydrogens (tertiary/aromatic N) is 2. The summed E-state index contributed by atoms with van der Waals surface area (Å²) in [5.41, 5.74) is 1.96. The van der Waals surface area contributed by atoms with Gasteiger partial charge in [0.25, 0.3) is 15.9 Å². The topological polar surface area (TPSA) is 123 Å². The summed E-state index contributed by atoms with van der Waals surface area (Å²) in [5, 5.41) is 8.77. The molecule has 0 saturated carbocycles. The number of benzene rings is 2. The maximum atomic E-state index is 12.9. The molecule has 0 fully saturated rings. The molecular formula is C22H22N4O4S. The third-order valence-electron chi connectivity index (χ3n) is 4.77. The molecule has 3 rings (SSSR count). The molecule has 31 heavy (non-hydrogen) atoms. The van der Waals surface area contributed by atoms with Crippen molar-refractivity contribution in [3.63, 3.8) is 0 Å². The van der Waals surface area contributed by atoms with Gasteiger partial charge in [0.15, 0.2) is 0 Å². The zero-order valence-electron chi connectivity index (χ0n) is 17.4. The number of aryl methyl sites for hydroxylation is 2. The number of amides is 1. The van der Waals surface area contributed by atoms with Gasteiger partial charge in [-0.15, -0.1) is 0 Å². The minimum atomic E-state index is -3.95. The maximum Gasteiger partial charge on any atom is 0.261 e. The molecule has 0 spiro atoms. The lowest BCUT2D eigenvalue weighted by Crippen LogP contribution is -2.31. The molecule has 0 aliphatic carbocycles. The standard InChI is InChI=1S/C22H22N4O4S/c1-14-9-15(2)11-16(10-14)25-31(29,30)17-5-6-20-18(12-17)21(27)19(13-24-20)22(28)26(3)8-4-7-23/h5-6,9-13,25H,4,8H2,1-3H3,(H,24,27). The second kappa shape index (κ2) is 8.62. The van der Waals surface area contributed by atoms with Crippen LogP contribution in [0.1, 0.15) is 27.9 Å². The van der Waals surface area contributed by atoms with Gasteiger partial charge in [0.1, 0.15) is 5.56 Å². The van der Waals surface area contributed by atoms with E-state index < -0.39 is 21.4 Å². The Morgan fingerprint density at radius 1 is 1.16 bits per heavy atom. The summed E-state index contributed by atoms with van der Waals surface area (Å²) in [5.74, 6) is -0.542. The summed E-state index contributed by atoms with van der Waals surface area (Å²) in [4.78, 5) is 29.6. The predicted octanol–water partition coefficient (Wildman–Crippen LogP) is 2.93. The van der Waals surface area contributed by atoms with Crippen molar-refractivity contribution in [2.75, 3.05) is 18.3 Å². The van der Waals surface area contributed by atoms with Gasteiger partial charge in [0.2, 0.25) is 5.43 Å². The lowest BCUT2D eigenvalue weighted by Gasteiger charge is -2.15. The van der Waals surface area contributed by atoms with E-state index in [1.165, 1.54) is 36.3 Å². The van der Waals surface area contributed by atoms with E-state index in [2.05, 4.69) is 9.71 Å². The van der Waals surface area contributed by atoms with E-state index >= 15 is 0 Å². The highest BCUT2D eigenvalue weighted by Crippen LogP contribution is 2.21. The molecule has 0 aliphatic rings. The Labute approximate surface area is 180 Å². The van der Waals surface area contributed by atoms with E-state index in [0.717, 1.165) is 11.1 Å². The summed E-state index contributed by atoms with van der Waals surface area (Å²) in [6.45, 7) is 3.92. The predicted molar refractivity (Wildman–Crippen MR) is 118 cm³/mol. The van der Waals surface area contributed by atoms with Gasteiger partial charge in [-0.05, 0) is 55.3 Å². The molecule has 1 aromatic heterocycles. The number of anilines is 1. The average molecular weight is 439 g/mol. The smallest absolute Gasteiger partial charge is 0.261 e. The molecular weight excluding hydrogens is 416 g/mol. The van der Waals surface area contributed by atoms with E-state index in [9.17, 15) is 18.0 Å². The zero-order chi connectivity index (χ0) is 22.8. The average Bonchev–Trinajstić information content (AvgIpc) is 2.70. The summed E-state index contributed by atoms with van der Waals surface area (Å²) in [6, 6.07) is 11.4. The Balaban J connectivity index is 2.01. The van der Waals surface area contributed by atoms with Gasteiger partial charge in [0.05, 0.1) is 17.4 Å². The van der Waals surface area contributed by atoms with E-state index in [-0.39, 0.29) is 28.8 Å². The Kier molecular flexibility index (Phi) is 6.13. The van der Waals surface area contributed by atoms with Gasteiger partial charge in [-0.3, -0.25) is 14.3 Å².